The molecule has 0 aliphatic rings. The quantitative estimate of drug-likeness (QED) is 0.253. The highest BCUT2D eigenvalue weighted by Crippen LogP contribution is 2.09. The predicted octanol–water partition coefficient (Wildman–Crippen LogP) is 3.77. The molecule has 0 rings (SSSR count). The Balaban J connectivity index is 4.37. The van der Waals surface area contributed by atoms with Gasteiger partial charge in [0.15, 0.2) is 0 Å². The number of esters is 1. The Morgan fingerprint density at radius 2 is 1.50 bits per heavy atom. The molecular formula is C21H38N2O5. The maximum atomic E-state index is 12.6. The van der Waals surface area contributed by atoms with Crippen LogP contribution < -0.4 is 0 Å². The van der Waals surface area contributed by atoms with Gasteiger partial charge in [0.25, 0.3) is 0 Å². The molecule has 0 heterocycles. The van der Waals surface area contributed by atoms with Crippen molar-refractivity contribution in [2.45, 2.75) is 77.8 Å². The van der Waals surface area contributed by atoms with Gasteiger partial charge in [-0.25, -0.2) is 9.59 Å². The molecule has 0 fully saturated rings. The Bertz CT molecular complexity index is 495. The number of hydrogen-bond acceptors (Lipinski definition) is 5. The minimum atomic E-state index is -0.755. The first-order valence-corrected chi connectivity index (χ1v) is 10.2. The summed E-state index contributed by atoms with van der Waals surface area (Å²) in [4.78, 5) is 39.3. The molecule has 28 heavy (non-hydrogen) atoms. The van der Waals surface area contributed by atoms with E-state index < -0.39 is 24.1 Å². The van der Waals surface area contributed by atoms with E-state index in [-0.39, 0.29) is 12.5 Å². The molecular weight excluding hydrogens is 360 g/mol. The molecule has 0 spiro atoms. The normalized spacial score (nSPS) is 12.6. The fourth-order valence-corrected chi connectivity index (χ4v) is 2.47. The molecule has 2 atom stereocenters. The Morgan fingerprint density at radius 3 is 2.11 bits per heavy atom. The molecule has 7 nitrogen and oxygen atoms in total. The molecule has 0 saturated carbocycles. The van der Waals surface area contributed by atoms with Gasteiger partial charge in [0.2, 0.25) is 5.91 Å². The first kappa shape index (κ1) is 26.0. The van der Waals surface area contributed by atoms with Crippen molar-refractivity contribution in [3.63, 3.8) is 0 Å². The SMILES string of the molecule is C=CCCOC(=O)N(C)C(C)C(=O)N(C)C(C)C(=O)OCCCCCCCC. The lowest BCUT2D eigenvalue weighted by Gasteiger charge is -2.30. The van der Waals surface area contributed by atoms with Crippen molar-refractivity contribution in [2.75, 3.05) is 27.3 Å². The number of likely N-dealkylation sites (N-methyl/N-ethyl adjacent to an activating group) is 2. The average molecular weight is 399 g/mol. The van der Waals surface area contributed by atoms with Crippen molar-refractivity contribution in [3.05, 3.63) is 12.7 Å². The Kier molecular flexibility index (Phi) is 13.8. The minimum absolute atomic E-state index is 0.213. The number of carbonyl (C=O) groups excluding carboxylic acids is 3. The van der Waals surface area contributed by atoms with Crippen LogP contribution in [0.2, 0.25) is 0 Å². The van der Waals surface area contributed by atoms with Gasteiger partial charge in [0, 0.05) is 14.1 Å². The molecule has 2 amide bonds. The third kappa shape index (κ3) is 9.76. The van der Waals surface area contributed by atoms with Crippen LogP contribution in [0.1, 0.15) is 65.7 Å². The van der Waals surface area contributed by atoms with Crippen LogP contribution in [0, 0.1) is 0 Å². The molecule has 0 aliphatic heterocycles. The summed E-state index contributed by atoms with van der Waals surface area (Å²) in [5.41, 5.74) is 0. The highest BCUT2D eigenvalue weighted by atomic mass is 16.6. The number of ether oxygens (including phenoxy) is 2. The molecule has 0 aromatic carbocycles. The fraction of sp³-hybridized carbons (Fsp3) is 0.762. The molecule has 0 aliphatic carbocycles. The molecule has 0 saturated heterocycles. The van der Waals surface area contributed by atoms with Gasteiger partial charge in [-0.05, 0) is 26.7 Å². The summed E-state index contributed by atoms with van der Waals surface area (Å²) in [7, 11) is 3.03. The maximum absolute atomic E-state index is 12.6. The summed E-state index contributed by atoms with van der Waals surface area (Å²) in [6.45, 7) is 9.53. The van der Waals surface area contributed by atoms with Gasteiger partial charge < -0.3 is 14.4 Å². The van der Waals surface area contributed by atoms with Crippen molar-refractivity contribution < 1.29 is 23.9 Å². The van der Waals surface area contributed by atoms with Crippen LogP contribution in [0.5, 0.6) is 0 Å². The van der Waals surface area contributed by atoms with Crippen LogP contribution in [0.3, 0.4) is 0 Å². The Labute approximate surface area is 170 Å². The number of amides is 2. The fourth-order valence-electron chi connectivity index (χ4n) is 2.47. The van der Waals surface area contributed by atoms with Gasteiger partial charge in [0.1, 0.15) is 12.1 Å². The molecule has 0 N–H and O–H groups in total. The Hall–Kier alpha value is -2.05. The first-order valence-electron chi connectivity index (χ1n) is 10.2. The molecule has 162 valence electrons. The number of carbonyl (C=O) groups is 3. The highest BCUT2D eigenvalue weighted by molar-refractivity contribution is 5.89. The third-order valence-corrected chi connectivity index (χ3v) is 4.79. The summed E-state index contributed by atoms with van der Waals surface area (Å²) < 4.78 is 10.3. The standard InChI is InChI=1S/C21H38N2O5/c1-7-9-11-12-13-14-16-27-20(25)18(4)22(5)19(24)17(3)23(6)21(26)28-15-10-8-2/h8,17-18H,2,7,9-16H2,1,3-6H3. The lowest BCUT2D eigenvalue weighted by atomic mass is 10.1. The van der Waals surface area contributed by atoms with E-state index in [9.17, 15) is 14.4 Å². The number of rotatable bonds is 14. The predicted molar refractivity (Wildman–Crippen MR) is 110 cm³/mol. The zero-order chi connectivity index (χ0) is 21.5. The van der Waals surface area contributed by atoms with Crippen LogP contribution in [-0.2, 0) is 19.1 Å². The van der Waals surface area contributed by atoms with Crippen molar-refractivity contribution in [1.82, 2.24) is 9.80 Å². The van der Waals surface area contributed by atoms with Gasteiger partial charge in [-0.1, -0.05) is 45.1 Å². The molecule has 2 unspecified atom stereocenters. The van der Waals surface area contributed by atoms with E-state index in [1.54, 1.807) is 19.9 Å². The third-order valence-electron chi connectivity index (χ3n) is 4.79. The van der Waals surface area contributed by atoms with Crippen LogP contribution in [0.4, 0.5) is 4.79 Å². The summed E-state index contributed by atoms with van der Waals surface area (Å²) in [5.74, 6) is -0.792. The van der Waals surface area contributed by atoms with E-state index in [1.165, 1.54) is 43.2 Å². The molecule has 0 bridgehead atoms. The molecule has 7 heteroatoms. The minimum Gasteiger partial charge on any atom is -0.464 e. The lowest BCUT2D eigenvalue weighted by Crippen LogP contribution is -2.51. The molecule has 0 aromatic heterocycles. The second kappa shape index (κ2) is 14.9. The second-order valence-corrected chi connectivity index (χ2v) is 7.04. The topological polar surface area (TPSA) is 76.2 Å². The maximum Gasteiger partial charge on any atom is 0.410 e. The monoisotopic (exact) mass is 398 g/mol. The van der Waals surface area contributed by atoms with Crippen molar-refractivity contribution in [3.8, 4) is 0 Å². The van der Waals surface area contributed by atoms with Gasteiger partial charge in [0.05, 0.1) is 13.2 Å². The van der Waals surface area contributed by atoms with Crippen LogP contribution >= 0.6 is 0 Å². The Morgan fingerprint density at radius 1 is 0.893 bits per heavy atom. The largest absolute Gasteiger partial charge is 0.464 e. The summed E-state index contributed by atoms with van der Waals surface area (Å²) >= 11 is 0. The van der Waals surface area contributed by atoms with Crippen molar-refractivity contribution in [2.24, 2.45) is 0 Å². The van der Waals surface area contributed by atoms with Gasteiger partial charge in [-0.2, -0.15) is 0 Å². The van der Waals surface area contributed by atoms with E-state index in [4.69, 9.17) is 9.47 Å². The van der Waals surface area contributed by atoms with Crippen molar-refractivity contribution in [1.29, 1.82) is 0 Å². The highest BCUT2D eigenvalue weighted by Gasteiger charge is 2.31. The molecule has 0 radical (unpaired) electrons. The first-order chi connectivity index (χ1) is 13.3. The second-order valence-electron chi connectivity index (χ2n) is 7.04. The van der Waals surface area contributed by atoms with Crippen LogP contribution in [-0.4, -0.2) is 67.2 Å². The van der Waals surface area contributed by atoms with Crippen LogP contribution in [0.15, 0.2) is 12.7 Å². The number of hydrogen-bond donors (Lipinski definition) is 0. The van der Waals surface area contributed by atoms with Crippen molar-refractivity contribution >= 4 is 18.0 Å². The van der Waals surface area contributed by atoms with E-state index in [0.29, 0.717) is 13.0 Å². The lowest BCUT2D eigenvalue weighted by molar-refractivity contribution is -0.154. The van der Waals surface area contributed by atoms with E-state index in [2.05, 4.69) is 13.5 Å². The summed E-state index contributed by atoms with van der Waals surface area (Å²) in [5, 5.41) is 0. The molecule has 0 aromatic rings. The summed E-state index contributed by atoms with van der Waals surface area (Å²) in [6, 6.07) is -1.48. The smallest absolute Gasteiger partial charge is 0.410 e. The zero-order valence-electron chi connectivity index (χ0n) is 18.2. The zero-order valence-corrected chi connectivity index (χ0v) is 18.2. The van der Waals surface area contributed by atoms with E-state index in [1.807, 2.05) is 0 Å². The van der Waals surface area contributed by atoms with Gasteiger partial charge >= 0.3 is 12.1 Å². The van der Waals surface area contributed by atoms with E-state index in [0.717, 1.165) is 19.3 Å². The number of unbranched alkanes of at least 4 members (excludes halogenated alkanes) is 5. The summed E-state index contributed by atoms with van der Waals surface area (Å²) in [6.07, 6.45) is 8.25. The average Bonchev–Trinajstić information content (AvgIpc) is 2.70. The number of nitrogens with zero attached hydrogens (tertiary/aromatic N) is 2. The van der Waals surface area contributed by atoms with Gasteiger partial charge in [-0.3, -0.25) is 9.69 Å². The van der Waals surface area contributed by atoms with Crippen LogP contribution in [0.25, 0.3) is 0 Å². The van der Waals surface area contributed by atoms with E-state index >= 15 is 0 Å². The van der Waals surface area contributed by atoms with Gasteiger partial charge in [-0.15, -0.1) is 6.58 Å².